The van der Waals surface area contributed by atoms with E-state index < -0.39 is 0 Å². The third-order valence-electron chi connectivity index (χ3n) is 2.48. The summed E-state index contributed by atoms with van der Waals surface area (Å²) in [6, 6.07) is 0. The van der Waals surface area contributed by atoms with Gasteiger partial charge in [-0.15, -0.1) is 0 Å². The molecule has 0 radical (unpaired) electrons. The molecule has 0 atom stereocenters. The van der Waals surface area contributed by atoms with E-state index in [0.717, 1.165) is 25.9 Å². The summed E-state index contributed by atoms with van der Waals surface area (Å²) in [6.07, 6.45) is 9.13. The lowest BCUT2D eigenvalue weighted by molar-refractivity contribution is -0.118. The van der Waals surface area contributed by atoms with Crippen LogP contribution in [0.5, 0.6) is 0 Å². The minimum Gasteiger partial charge on any atom is -0.370 e. The van der Waals surface area contributed by atoms with Crippen molar-refractivity contribution in [2.45, 2.75) is 58.3 Å². The van der Waals surface area contributed by atoms with Gasteiger partial charge < -0.3 is 11.1 Å². The fraction of sp³-hybridized carbons (Fsp3) is 0.917. The van der Waals surface area contributed by atoms with E-state index in [1.165, 1.54) is 32.1 Å². The molecule has 0 aliphatic rings. The van der Waals surface area contributed by atoms with Gasteiger partial charge in [-0.3, -0.25) is 4.79 Å². The standard InChI is InChI=1S/C12H26N2O/c1-2-3-4-5-7-10-14-11-8-6-9-12(13)15/h14H,2-11H2,1H3,(H2,13,15). The third kappa shape index (κ3) is 13.4. The summed E-state index contributed by atoms with van der Waals surface area (Å²) in [5.41, 5.74) is 5.04. The van der Waals surface area contributed by atoms with Crippen LogP contribution >= 0.6 is 0 Å². The second-order valence-electron chi connectivity index (χ2n) is 4.09. The van der Waals surface area contributed by atoms with Crippen molar-refractivity contribution in [3.8, 4) is 0 Å². The largest absolute Gasteiger partial charge is 0.370 e. The second-order valence-corrected chi connectivity index (χ2v) is 4.09. The van der Waals surface area contributed by atoms with Gasteiger partial charge in [0, 0.05) is 6.42 Å². The lowest BCUT2D eigenvalue weighted by Gasteiger charge is -2.03. The van der Waals surface area contributed by atoms with E-state index in [1.54, 1.807) is 0 Å². The molecule has 3 heteroatoms. The van der Waals surface area contributed by atoms with Crippen molar-refractivity contribution in [3.63, 3.8) is 0 Å². The normalized spacial score (nSPS) is 10.5. The summed E-state index contributed by atoms with van der Waals surface area (Å²) < 4.78 is 0. The maximum atomic E-state index is 10.4. The molecule has 0 rings (SSSR count). The molecule has 0 saturated heterocycles. The number of unbranched alkanes of at least 4 members (excludes halogenated alkanes) is 5. The Balaban J connectivity index is 2.89. The average Bonchev–Trinajstić information content (AvgIpc) is 2.20. The van der Waals surface area contributed by atoms with Gasteiger partial charge in [-0.2, -0.15) is 0 Å². The Labute approximate surface area is 93.8 Å². The number of carbonyl (C=O) groups excluding carboxylic acids is 1. The quantitative estimate of drug-likeness (QED) is 0.518. The molecule has 0 aromatic carbocycles. The van der Waals surface area contributed by atoms with Crippen LogP contribution in [-0.2, 0) is 4.79 Å². The lowest BCUT2D eigenvalue weighted by atomic mass is 10.1. The van der Waals surface area contributed by atoms with Gasteiger partial charge >= 0.3 is 0 Å². The summed E-state index contributed by atoms with van der Waals surface area (Å²) in [7, 11) is 0. The van der Waals surface area contributed by atoms with Crippen molar-refractivity contribution in [1.29, 1.82) is 0 Å². The first kappa shape index (κ1) is 14.4. The fourth-order valence-corrected chi connectivity index (χ4v) is 1.53. The van der Waals surface area contributed by atoms with E-state index in [1.807, 2.05) is 0 Å². The molecule has 0 fully saturated rings. The fourth-order valence-electron chi connectivity index (χ4n) is 1.53. The number of amides is 1. The molecule has 0 bridgehead atoms. The zero-order valence-electron chi connectivity index (χ0n) is 10.1. The van der Waals surface area contributed by atoms with Crippen molar-refractivity contribution in [2.24, 2.45) is 5.73 Å². The van der Waals surface area contributed by atoms with Crippen molar-refractivity contribution in [2.75, 3.05) is 13.1 Å². The lowest BCUT2D eigenvalue weighted by Crippen LogP contribution is -2.17. The Kier molecular flexibility index (Phi) is 11.1. The van der Waals surface area contributed by atoms with Crippen LogP contribution in [0.1, 0.15) is 58.3 Å². The first-order chi connectivity index (χ1) is 7.27. The van der Waals surface area contributed by atoms with Crippen molar-refractivity contribution < 1.29 is 4.79 Å². The Morgan fingerprint density at radius 3 is 2.20 bits per heavy atom. The van der Waals surface area contributed by atoms with E-state index >= 15 is 0 Å². The molecule has 0 aromatic rings. The summed E-state index contributed by atoms with van der Waals surface area (Å²) in [5.74, 6) is -0.186. The minimum atomic E-state index is -0.186. The highest BCUT2D eigenvalue weighted by molar-refractivity contribution is 5.73. The van der Waals surface area contributed by atoms with E-state index in [2.05, 4.69) is 12.2 Å². The topological polar surface area (TPSA) is 55.1 Å². The van der Waals surface area contributed by atoms with Crippen LogP contribution < -0.4 is 11.1 Å². The van der Waals surface area contributed by atoms with Crippen LogP contribution in [0.2, 0.25) is 0 Å². The number of nitrogens with two attached hydrogens (primary N) is 1. The van der Waals surface area contributed by atoms with Gasteiger partial charge in [0.15, 0.2) is 0 Å². The zero-order chi connectivity index (χ0) is 11.4. The van der Waals surface area contributed by atoms with E-state index in [-0.39, 0.29) is 5.91 Å². The summed E-state index contributed by atoms with van der Waals surface area (Å²) >= 11 is 0. The van der Waals surface area contributed by atoms with Crippen LogP contribution in [0.25, 0.3) is 0 Å². The molecule has 90 valence electrons. The number of primary amides is 1. The molecular formula is C12H26N2O. The van der Waals surface area contributed by atoms with Gasteiger partial charge in [0.05, 0.1) is 0 Å². The molecule has 0 unspecified atom stereocenters. The highest BCUT2D eigenvalue weighted by atomic mass is 16.1. The van der Waals surface area contributed by atoms with Gasteiger partial charge in [-0.25, -0.2) is 0 Å². The Hall–Kier alpha value is -0.570. The van der Waals surface area contributed by atoms with Crippen LogP contribution in [-0.4, -0.2) is 19.0 Å². The molecule has 3 N–H and O–H groups in total. The van der Waals surface area contributed by atoms with Gasteiger partial charge in [0.25, 0.3) is 0 Å². The van der Waals surface area contributed by atoms with Crippen molar-refractivity contribution >= 4 is 5.91 Å². The van der Waals surface area contributed by atoms with Gasteiger partial charge in [0.2, 0.25) is 5.91 Å². The number of hydrogen-bond donors (Lipinski definition) is 2. The van der Waals surface area contributed by atoms with Crippen molar-refractivity contribution in [1.82, 2.24) is 5.32 Å². The van der Waals surface area contributed by atoms with Crippen LogP contribution in [0.15, 0.2) is 0 Å². The summed E-state index contributed by atoms with van der Waals surface area (Å²) in [5, 5.41) is 3.38. The Bertz CT molecular complexity index is 149. The molecule has 1 amide bonds. The predicted octanol–water partition coefficient (Wildman–Crippen LogP) is 2.20. The van der Waals surface area contributed by atoms with E-state index in [9.17, 15) is 4.79 Å². The molecule has 0 saturated carbocycles. The van der Waals surface area contributed by atoms with Gasteiger partial charge in [0.1, 0.15) is 0 Å². The minimum absolute atomic E-state index is 0.186. The number of hydrogen-bond acceptors (Lipinski definition) is 2. The highest BCUT2D eigenvalue weighted by Gasteiger charge is 1.94. The first-order valence-electron chi connectivity index (χ1n) is 6.26. The maximum Gasteiger partial charge on any atom is 0.217 e. The summed E-state index contributed by atoms with van der Waals surface area (Å²) in [4.78, 5) is 10.4. The SMILES string of the molecule is CCCCCCCNCCCCC(N)=O. The number of carbonyl (C=O) groups is 1. The van der Waals surface area contributed by atoms with Gasteiger partial charge in [-0.1, -0.05) is 32.6 Å². The molecule has 15 heavy (non-hydrogen) atoms. The zero-order valence-corrected chi connectivity index (χ0v) is 10.1. The molecule has 0 aromatic heterocycles. The van der Waals surface area contributed by atoms with Crippen LogP contribution in [0, 0.1) is 0 Å². The molecule has 0 spiro atoms. The number of nitrogens with one attached hydrogen (secondary N) is 1. The number of rotatable bonds is 11. The highest BCUT2D eigenvalue weighted by Crippen LogP contribution is 2.01. The molecule has 3 nitrogen and oxygen atoms in total. The first-order valence-corrected chi connectivity index (χ1v) is 6.26. The van der Waals surface area contributed by atoms with E-state index in [0.29, 0.717) is 6.42 Å². The summed E-state index contributed by atoms with van der Waals surface area (Å²) in [6.45, 7) is 4.36. The van der Waals surface area contributed by atoms with Crippen molar-refractivity contribution in [3.05, 3.63) is 0 Å². The molecular weight excluding hydrogens is 188 g/mol. The van der Waals surface area contributed by atoms with Crippen LogP contribution in [0.3, 0.4) is 0 Å². The average molecular weight is 214 g/mol. The monoisotopic (exact) mass is 214 g/mol. The Morgan fingerprint density at radius 1 is 1.00 bits per heavy atom. The predicted molar refractivity (Wildman–Crippen MR) is 64.7 cm³/mol. The third-order valence-corrected chi connectivity index (χ3v) is 2.48. The Morgan fingerprint density at radius 2 is 1.60 bits per heavy atom. The molecule has 0 aliphatic heterocycles. The molecule has 0 heterocycles. The van der Waals surface area contributed by atoms with Gasteiger partial charge in [-0.05, 0) is 32.4 Å². The van der Waals surface area contributed by atoms with E-state index in [4.69, 9.17) is 5.73 Å². The molecule has 0 aliphatic carbocycles. The maximum absolute atomic E-state index is 10.4. The second kappa shape index (κ2) is 11.5. The smallest absolute Gasteiger partial charge is 0.217 e. The van der Waals surface area contributed by atoms with Crippen LogP contribution in [0.4, 0.5) is 0 Å².